The van der Waals surface area contributed by atoms with Gasteiger partial charge in [-0.2, -0.15) is 5.10 Å². The Hall–Kier alpha value is -3.41. The van der Waals surface area contributed by atoms with E-state index in [9.17, 15) is 0 Å². The van der Waals surface area contributed by atoms with Crippen LogP contribution in [0.5, 0.6) is 11.5 Å². The minimum absolute atomic E-state index is 0.669. The lowest BCUT2D eigenvalue weighted by Crippen LogP contribution is -1.96. The first-order chi connectivity index (χ1) is 13.5. The lowest BCUT2D eigenvalue weighted by molar-refractivity contribution is 0.397. The molecule has 3 aromatic heterocycles. The monoisotopic (exact) mass is 374 g/mol. The van der Waals surface area contributed by atoms with E-state index >= 15 is 0 Å². The molecule has 6 heteroatoms. The summed E-state index contributed by atoms with van der Waals surface area (Å²) < 4.78 is 13.0. The molecule has 0 N–H and O–H groups in total. The summed E-state index contributed by atoms with van der Waals surface area (Å²) in [5.41, 5.74) is 6.22. The fourth-order valence-corrected chi connectivity index (χ4v) is 3.40. The van der Waals surface area contributed by atoms with Crippen molar-refractivity contribution in [1.29, 1.82) is 0 Å². The molecule has 0 aliphatic heterocycles. The van der Waals surface area contributed by atoms with Crippen LogP contribution < -0.4 is 9.47 Å². The third-order valence-corrected chi connectivity index (χ3v) is 4.96. The summed E-state index contributed by atoms with van der Waals surface area (Å²) >= 11 is 0. The zero-order valence-corrected chi connectivity index (χ0v) is 16.6. The largest absolute Gasteiger partial charge is 0.496 e. The predicted molar refractivity (Wildman–Crippen MR) is 110 cm³/mol. The van der Waals surface area contributed by atoms with E-state index in [1.54, 1.807) is 14.2 Å². The summed E-state index contributed by atoms with van der Waals surface area (Å²) in [5, 5.41) is 5.61. The Balaban J connectivity index is 2.07. The van der Waals surface area contributed by atoms with Crippen LogP contribution in [0.2, 0.25) is 0 Å². The fourth-order valence-electron chi connectivity index (χ4n) is 3.40. The molecule has 0 aliphatic rings. The topological polar surface area (TPSA) is 62.1 Å². The third kappa shape index (κ3) is 2.87. The van der Waals surface area contributed by atoms with Crippen molar-refractivity contribution in [3.05, 3.63) is 53.9 Å². The van der Waals surface area contributed by atoms with Crippen molar-refractivity contribution in [2.75, 3.05) is 14.2 Å². The highest BCUT2D eigenvalue weighted by molar-refractivity contribution is 5.96. The smallest absolute Gasteiger partial charge is 0.182 e. The minimum atomic E-state index is 0.669. The molecule has 0 saturated carbocycles. The first-order valence-electron chi connectivity index (χ1n) is 9.02. The van der Waals surface area contributed by atoms with Gasteiger partial charge in [-0.3, -0.25) is 9.67 Å². The molecule has 4 rings (SSSR count). The van der Waals surface area contributed by atoms with Crippen molar-refractivity contribution >= 4 is 11.0 Å². The van der Waals surface area contributed by atoms with Crippen molar-refractivity contribution < 1.29 is 9.47 Å². The first kappa shape index (κ1) is 18.0. The molecule has 0 unspecified atom stereocenters. The number of fused-ring (bicyclic) bond motifs is 1. The van der Waals surface area contributed by atoms with Gasteiger partial charge in [0, 0.05) is 24.5 Å². The van der Waals surface area contributed by atoms with Crippen LogP contribution in [0.15, 0.2) is 42.6 Å². The molecule has 4 aromatic rings. The summed E-state index contributed by atoms with van der Waals surface area (Å²) in [4.78, 5) is 9.47. The number of methoxy groups -OCH3 is 2. The number of hydrogen-bond donors (Lipinski definition) is 0. The van der Waals surface area contributed by atoms with Gasteiger partial charge in [0.2, 0.25) is 0 Å². The van der Waals surface area contributed by atoms with Gasteiger partial charge in [-0.05, 0) is 43.7 Å². The summed E-state index contributed by atoms with van der Waals surface area (Å²) in [7, 11) is 5.21. The molecule has 6 nitrogen and oxygen atoms in total. The predicted octanol–water partition coefficient (Wildman–Crippen LogP) is 4.33. The maximum atomic E-state index is 5.58. The fraction of sp³-hybridized carbons (Fsp3) is 0.227. The molecule has 0 fully saturated rings. The molecular formula is C22H22N4O2. The van der Waals surface area contributed by atoms with Crippen LogP contribution in [0.4, 0.5) is 0 Å². The summed E-state index contributed by atoms with van der Waals surface area (Å²) in [5.74, 6) is 1.39. The van der Waals surface area contributed by atoms with Gasteiger partial charge in [-0.25, -0.2) is 4.98 Å². The Morgan fingerprint density at radius 1 is 0.929 bits per heavy atom. The normalized spacial score (nSPS) is 11.0. The average molecular weight is 374 g/mol. The summed E-state index contributed by atoms with van der Waals surface area (Å²) in [6.07, 6.45) is 1.87. The van der Waals surface area contributed by atoms with Crippen molar-refractivity contribution in [2.45, 2.75) is 13.8 Å². The summed E-state index contributed by atoms with van der Waals surface area (Å²) in [6, 6.07) is 11.8. The van der Waals surface area contributed by atoms with Crippen LogP contribution in [0.25, 0.3) is 33.5 Å². The molecular weight excluding hydrogens is 352 g/mol. The molecule has 0 radical (unpaired) electrons. The second-order valence-electron chi connectivity index (χ2n) is 6.72. The molecule has 0 atom stereocenters. The second-order valence-corrected chi connectivity index (χ2v) is 6.72. The molecule has 0 amide bonds. The maximum Gasteiger partial charge on any atom is 0.182 e. The molecule has 3 heterocycles. The Morgan fingerprint density at radius 3 is 2.25 bits per heavy atom. The van der Waals surface area contributed by atoms with Crippen molar-refractivity contribution in [2.24, 2.45) is 7.05 Å². The maximum absolute atomic E-state index is 5.58. The van der Waals surface area contributed by atoms with E-state index in [4.69, 9.17) is 14.5 Å². The molecule has 0 bridgehead atoms. The first-order valence-corrected chi connectivity index (χ1v) is 9.02. The number of rotatable bonds is 4. The van der Waals surface area contributed by atoms with Crippen molar-refractivity contribution in [3.63, 3.8) is 0 Å². The molecule has 142 valence electrons. The van der Waals surface area contributed by atoms with E-state index in [1.165, 1.54) is 0 Å². The number of aromatic nitrogens is 4. The average Bonchev–Trinajstić information content (AvgIpc) is 3.01. The SMILES string of the molecule is COc1cccc(OC)c1-c1cc(-c2ccc(C)cn2)c2c(C)n(C)nc2n1. The van der Waals surface area contributed by atoms with Gasteiger partial charge in [0.1, 0.15) is 11.5 Å². The van der Waals surface area contributed by atoms with Gasteiger partial charge >= 0.3 is 0 Å². The van der Waals surface area contributed by atoms with E-state index in [0.29, 0.717) is 17.1 Å². The van der Waals surface area contributed by atoms with E-state index in [-0.39, 0.29) is 0 Å². The zero-order chi connectivity index (χ0) is 19.8. The second kappa shape index (κ2) is 6.96. The van der Waals surface area contributed by atoms with Crippen LogP contribution in [-0.4, -0.2) is 34.0 Å². The quantitative estimate of drug-likeness (QED) is 0.532. The standard InChI is InChI=1S/C22H22N4O2/c1-13-9-10-16(23-12-13)15-11-17(24-22-20(15)14(2)26(3)25-22)21-18(27-4)7-6-8-19(21)28-5/h6-12H,1-5H3. The van der Waals surface area contributed by atoms with Crippen LogP contribution in [0, 0.1) is 13.8 Å². The number of aryl methyl sites for hydroxylation is 3. The molecule has 28 heavy (non-hydrogen) atoms. The van der Waals surface area contributed by atoms with Crippen LogP contribution in [-0.2, 0) is 7.05 Å². The lowest BCUT2D eigenvalue weighted by Gasteiger charge is -2.14. The lowest BCUT2D eigenvalue weighted by atomic mass is 10.0. The van der Waals surface area contributed by atoms with Crippen LogP contribution in [0.1, 0.15) is 11.3 Å². The Kier molecular flexibility index (Phi) is 4.47. The minimum Gasteiger partial charge on any atom is -0.496 e. The van der Waals surface area contributed by atoms with Crippen molar-refractivity contribution in [3.8, 4) is 34.0 Å². The Bertz CT molecular complexity index is 1140. The molecule has 0 spiro atoms. The third-order valence-electron chi connectivity index (χ3n) is 4.96. The van der Waals surface area contributed by atoms with Gasteiger partial charge < -0.3 is 9.47 Å². The number of ether oxygens (including phenoxy) is 2. The number of hydrogen-bond acceptors (Lipinski definition) is 5. The highest BCUT2D eigenvalue weighted by Crippen LogP contribution is 2.40. The Morgan fingerprint density at radius 2 is 1.64 bits per heavy atom. The zero-order valence-electron chi connectivity index (χ0n) is 16.6. The van der Waals surface area contributed by atoms with E-state index in [0.717, 1.165) is 39.2 Å². The molecule has 1 aromatic carbocycles. The van der Waals surface area contributed by atoms with E-state index in [1.807, 2.05) is 62.1 Å². The van der Waals surface area contributed by atoms with Crippen LogP contribution >= 0.6 is 0 Å². The van der Waals surface area contributed by atoms with E-state index in [2.05, 4.69) is 16.1 Å². The number of pyridine rings is 2. The van der Waals surface area contributed by atoms with Gasteiger partial charge in [-0.15, -0.1) is 0 Å². The summed E-state index contributed by atoms with van der Waals surface area (Å²) in [6.45, 7) is 4.07. The highest BCUT2D eigenvalue weighted by atomic mass is 16.5. The molecule has 0 aliphatic carbocycles. The van der Waals surface area contributed by atoms with Gasteiger partial charge in [0.05, 0.1) is 36.6 Å². The van der Waals surface area contributed by atoms with Gasteiger partial charge in [-0.1, -0.05) is 12.1 Å². The van der Waals surface area contributed by atoms with Crippen LogP contribution in [0.3, 0.4) is 0 Å². The van der Waals surface area contributed by atoms with Crippen molar-refractivity contribution in [1.82, 2.24) is 19.7 Å². The highest BCUT2D eigenvalue weighted by Gasteiger charge is 2.20. The van der Waals surface area contributed by atoms with E-state index < -0.39 is 0 Å². The van der Waals surface area contributed by atoms with Gasteiger partial charge in [0.25, 0.3) is 0 Å². The van der Waals surface area contributed by atoms with Gasteiger partial charge in [0.15, 0.2) is 5.65 Å². The number of benzene rings is 1. The Labute approximate surface area is 163 Å². The molecule has 0 saturated heterocycles. The number of nitrogens with zero attached hydrogens (tertiary/aromatic N) is 4.